The van der Waals surface area contributed by atoms with Crippen molar-refractivity contribution >= 4 is 27.3 Å². The lowest BCUT2D eigenvalue weighted by atomic mass is 10.1. The number of nitro benzene ring substituents is 1. The Bertz CT molecular complexity index is 700. The van der Waals surface area contributed by atoms with E-state index in [0.29, 0.717) is 0 Å². The third-order valence-corrected chi connectivity index (χ3v) is 3.76. The van der Waals surface area contributed by atoms with E-state index in [2.05, 4.69) is 21.2 Å². The van der Waals surface area contributed by atoms with E-state index in [1.165, 1.54) is 6.07 Å². The summed E-state index contributed by atoms with van der Waals surface area (Å²) < 4.78 is 19.1. The maximum Gasteiger partial charge on any atom is 0.295 e. The molecule has 0 bridgehead atoms. The van der Waals surface area contributed by atoms with E-state index in [1.54, 1.807) is 0 Å². The van der Waals surface area contributed by atoms with Crippen molar-refractivity contribution in [1.29, 1.82) is 0 Å². The predicted octanol–water partition coefficient (Wildman–Crippen LogP) is 4.88. The largest absolute Gasteiger partial charge is 0.466 e. The van der Waals surface area contributed by atoms with Crippen molar-refractivity contribution < 1.29 is 13.7 Å². The lowest BCUT2D eigenvalue weighted by Crippen LogP contribution is -2.09. The summed E-state index contributed by atoms with van der Waals surface area (Å²) in [5.41, 5.74) is 0.849. The van der Waals surface area contributed by atoms with Gasteiger partial charge in [-0.15, -0.1) is 0 Å². The Morgan fingerprint density at radius 3 is 2.57 bits per heavy atom. The normalized spacial score (nSPS) is 12.2. The zero-order valence-corrected chi connectivity index (χ0v) is 13.3. The van der Waals surface area contributed by atoms with Gasteiger partial charge < -0.3 is 9.73 Å². The molecule has 0 aliphatic carbocycles. The van der Waals surface area contributed by atoms with Crippen LogP contribution in [0.15, 0.2) is 27.1 Å². The molecule has 0 saturated carbocycles. The fourth-order valence-electron chi connectivity index (χ4n) is 2.19. The number of rotatable bonds is 4. The molecule has 2 rings (SSSR count). The van der Waals surface area contributed by atoms with Crippen LogP contribution in [0, 0.1) is 29.8 Å². The zero-order chi connectivity index (χ0) is 15.7. The summed E-state index contributed by atoms with van der Waals surface area (Å²) in [6.07, 6.45) is 0. The molecule has 1 aromatic heterocycles. The van der Waals surface area contributed by atoms with E-state index < -0.39 is 10.7 Å². The highest BCUT2D eigenvalue weighted by atomic mass is 79.9. The number of nitrogens with zero attached hydrogens (tertiary/aromatic N) is 1. The van der Waals surface area contributed by atoms with Crippen molar-refractivity contribution in [2.24, 2.45) is 0 Å². The second kappa shape index (κ2) is 5.85. The average molecular weight is 357 g/mol. The molecule has 0 aliphatic heterocycles. The van der Waals surface area contributed by atoms with E-state index in [-0.39, 0.29) is 21.9 Å². The van der Waals surface area contributed by atoms with Gasteiger partial charge in [0, 0.05) is 5.56 Å². The summed E-state index contributed by atoms with van der Waals surface area (Å²) in [6, 6.07) is 3.93. The van der Waals surface area contributed by atoms with Gasteiger partial charge in [0.2, 0.25) is 0 Å². The first-order chi connectivity index (χ1) is 9.79. The van der Waals surface area contributed by atoms with Crippen molar-refractivity contribution in [1.82, 2.24) is 0 Å². The monoisotopic (exact) mass is 356 g/mol. The zero-order valence-electron chi connectivity index (χ0n) is 11.7. The van der Waals surface area contributed by atoms with Crippen LogP contribution in [0.2, 0.25) is 0 Å². The highest BCUT2D eigenvalue weighted by Gasteiger charge is 2.21. The molecule has 2 aromatic rings. The number of anilines is 1. The van der Waals surface area contributed by atoms with Crippen LogP contribution < -0.4 is 5.32 Å². The minimum atomic E-state index is -0.671. The molecule has 0 spiro atoms. The SMILES string of the molecule is Cc1cc(C(C)Nc2cc(Br)c(F)cc2[N+](=O)[O-])c(C)o1. The number of hydrogen-bond donors (Lipinski definition) is 1. The molecule has 1 N–H and O–H groups in total. The van der Waals surface area contributed by atoms with Gasteiger partial charge in [-0.05, 0) is 48.8 Å². The molecule has 1 unspecified atom stereocenters. The number of furan rings is 1. The van der Waals surface area contributed by atoms with Gasteiger partial charge in [0.15, 0.2) is 0 Å². The number of nitrogens with one attached hydrogen (secondary N) is 1. The first-order valence-corrected chi connectivity index (χ1v) is 7.05. The van der Waals surface area contributed by atoms with Crippen LogP contribution in [0.1, 0.15) is 30.0 Å². The summed E-state index contributed by atoms with van der Waals surface area (Å²) in [5, 5.41) is 14.1. The first-order valence-electron chi connectivity index (χ1n) is 6.26. The Hall–Kier alpha value is -1.89. The molecular formula is C14H14BrFN2O3. The maximum absolute atomic E-state index is 13.5. The molecule has 0 radical (unpaired) electrons. The van der Waals surface area contributed by atoms with Gasteiger partial charge in [-0.1, -0.05) is 0 Å². The van der Waals surface area contributed by atoms with Gasteiger partial charge in [0.1, 0.15) is 23.0 Å². The molecule has 21 heavy (non-hydrogen) atoms. The third kappa shape index (κ3) is 3.24. The van der Waals surface area contributed by atoms with Gasteiger partial charge >= 0.3 is 0 Å². The molecule has 0 amide bonds. The van der Waals surface area contributed by atoms with Gasteiger partial charge in [-0.25, -0.2) is 4.39 Å². The summed E-state index contributed by atoms with van der Waals surface area (Å²) in [6.45, 7) is 5.52. The molecule has 1 heterocycles. The number of nitro groups is 1. The van der Waals surface area contributed by atoms with Crippen molar-refractivity contribution in [3.63, 3.8) is 0 Å². The van der Waals surface area contributed by atoms with Crippen molar-refractivity contribution in [2.45, 2.75) is 26.8 Å². The topological polar surface area (TPSA) is 68.3 Å². The molecule has 1 atom stereocenters. The highest BCUT2D eigenvalue weighted by Crippen LogP contribution is 2.34. The van der Waals surface area contributed by atoms with E-state index in [9.17, 15) is 14.5 Å². The summed E-state index contributed by atoms with van der Waals surface area (Å²) in [7, 11) is 0. The lowest BCUT2D eigenvalue weighted by Gasteiger charge is -2.15. The van der Waals surface area contributed by atoms with Crippen molar-refractivity contribution in [2.75, 3.05) is 5.32 Å². The van der Waals surface area contributed by atoms with Crippen molar-refractivity contribution in [3.05, 3.63) is 55.7 Å². The molecule has 112 valence electrons. The van der Waals surface area contributed by atoms with Crippen LogP contribution in [0.4, 0.5) is 15.8 Å². The Kier molecular flexibility index (Phi) is 4.32. The molecule has 0 aliphatic rings. The average Bonchev–Trinajstić information content (AvgIpc) is 2.72. The summed E-state index contributed by atoms with van der Waals surface area (Å²) >= 11 is 3.04. The van der Waals surface area contributed by atoms with Gasteiger partial charge in [0.25, 0.3) is 5.69 Å². The maximum atomic E-state index is 13.5. The number of benzene rings is 1. The fourth-order valence-corrected chi connectivity index (χ4v) is 2.54. The number of halogens is 2. The van der Waals surface area contributed by atoms with Crippen LogP contribution in [0.25, 0.3) is 0 Å². The Labute approximate surface area is 129 Å². The van der Waals surface area contributed by atoms with Crippen molar-refractivity contribution in [3.8, 4) is 0 Å². The van der Waals surface area contributed by atoms with Crippen LogP contribution in [-0.2, 0) is 0 Å². The summed E-state index contributed by atoms with van der Waals surface area (Å²) in [4.78, 5) is 10.4. The second-order valence-electron chi connectivity index (χ2n) is 4.78. The standard InChI is InChI=1S/C14H14BrFN2O3/c1-7-4-10(9(3)21-7)8(2)17-13-5-11(15)12(16)6-14(13)18(19)20/h4-6,8,17H,1-3H3. The predicted molar refractivity (Wildman–Crippen MR) is 81.0 cm³/mol. The quantitative estimate of drug-likeness (QED) is 0.626. The molecule has 7 heteroatoms. The molecule has 0 saturated heterocycles. The van der Waals surface area contributed by atoms with Crippen LogP contribution in [-0.4, -0.2) is 4.92 Å². The van der Waals surface area contributed by atoms with E-state index in [1.807, 2.05) is 26.8 Å². The second-order valence-corrected chi connectivity index (χ2v) is 5.63. The molecular weight excluding hydrogens is 343 g/mol. The van der Waals surface area contributed by atoms with Crippen LogP contribution in [0.3, 0.4) is 0 Å². The Balaban J connectivity index is 2.36. The van der Waals surface area contributed by atoms with Crippen LogP contribution in [0.5, 0.6) is 0 Å². The fraction of sp³-hybridized carbons (Fsp3) is 0.286. The van der Waals surface area contributed by atoms with Crippen LogP contribution >= 0.6 is 15.9 Å². The molecule has 1 aromatic carbocycles. The molecule has 0 fully saturated rings. The Morgan fingerprint density at radius 2 is 2.05 bits per heavy atom. The smallest absolute Gasteiger partial charge is 0.295 e. The van der Waals surface area contributed by atoms with E-state index >= 15 is 0 Å². The van der Waals surface area contributed by atoms with Gasteiger partial charge in [0.05, 0.1) is 21.5 Å². The summed E-state index contributed by atoms with van der Waals surface area (Å²) in [5.74, 6) is 0.845. The minimum Gasteiger partial charge on any atom is -0.466 e. The van der Waals surface area contributed by atoms with Gasteiger partial charge in [-0.3, -0.25) is 10.1 Å². The lowest BCUT2D eigenvalue weighted by molar-refractivity contribution is -0.384. The highest BCUT2D eigenvalue weighted by molar-refractivity contribution is 9.10. The Morgan fingerprint density at radius 1 is 1.38 bits per heavy atom. The number of hydrogen-bond acceptors (Lipinski definition) is 4. The van der Waals surface area contributed by atoms with E-state index in [0.717, 1.165) is 23.2 Å². The first kappa shape index (κ1) is 15.5. The third-order valence-electron chi connectivity index (χ3n) is 3.15. The van der Waals surface area contributed by atoms with E-state index in [4.69, 9.17) is 4.42 Å². The number of aryl methyl sites for hydroxylation is 2. The molecule has 5 nitrogen and oxygen atoms in total. The minimum absolute atomic E-state index is 0.169. The van der Waals surface area contributed by atoms with Gasteiger partial charge in [-0.2, -0.15) is 0 Å².